The lowest BCUT2D eigenvalue weighted by Crippen LogP contribution is -2.39. The molecule has 0 N–H and O–H groups in total. The third-order valence-corrected chi connectivity index (χ3v) is 6.11. The summed E-state index contributed by atoms with van der Waals surface area (Å²) in [7, 11) is 3.26. The predicted molar refractivity (Wildman–Crippen MR) is 128 cm³/mol. The zero-order valence-electron chi connectivity index (χ0n) is 18.4. The summed E-state index contributed by atoms with van der Waals surface area (Å²) in [6, 6.07) is 14.9. The molecule has 3 aromatic heterocycles. The van der Waals surface area contributed by atoms with Crippen molar-refractivity contribution >= 4 is 28.5 Å². The summed E-state index contributed by atoms with van der Waals surface area (Å²) in [6.07, 6.45) is 1.88. The van der Waals surface area contributed by atoms with E-state index in [1.807, 2.05) is 48.0 Å². The van der Waals surface area contributed by atoms with Gasteiger partial charge >= 0.3 is 5.69 Å². The number of imidazole rings is 2. The first kappa shape index (κ1) is 21.1. The minimum Gasteiger partial charge on any atom is -0.497 e. The second kappa shape index (κ2) is 7.97. The second-order valence-corrected chi connectivity index (χ2v) is 8.46. The standard InChI is InChI=1S/C24H22ClN5O3/c1-15-12-29-20-21(26-23(29)28(15)13-16-7-9-19(33-3)10-8-16)27(2)24(32)30(22(20)31)14-17-5-4-6-18(25)11-17/h4-12H,13-14H2,1-3H3. The number of ether oxygens (including phenoxy) is 1. The number of benzene rings is 2. The van der Waals surface area contributed by atoms with Crippen molar-refractivity contribution in [2.24, 2.45) is 7.05 Å². The van der Waals surface area contributed by atoms with Crippen molar-refractivity contribution in [3.05, 3.63) is 97.4 Å². The van der Waals surface area contributed by atoms with E-state index in [9.17, 15) is 9.59 Å². The van der Waals surface area contributed by atoms with E-state index in [0.717, 1.165) is 22.6 Å². The first-order valence-corrected chi connectivity index (χ1v) is 10.8. The fourth-order valence-electron chi connectivity index (χ4n) is 4.12. The molecule has 0 aliphatic carbocycles. The molecule has 0 saturated heterocycles. The molecule has 9 heteroatoms. The summed E-state index contributed by atoms with van der Waals surface area (Å²) in [6.45, 7) is 2.66. The SMILES string of the molecule is COc1ccc(Cn2c(C)cn3c4c(=O)n(Cc5cccc(Cl)c5)c(=O)n(C)c4nc23)cc1. The Hall–Kier alpha value is -3.78. The number of nitrogens with zero attached hydrogens (tertiary/aromatic N) is 5. The van der Waals surface area contributed by atoms with Crippen LogP contribution in [0.25, 0.3) is 16.9 Å². The topological polar surface area (TPSA) is 75.5 Å². The highest BCUT2D eigenvalue weighted by Crippen LogP contribution is 2.19. The highest BCUT2D eigenvalue weighted by molar-refractivity contribution is 6.30. The van der Waals surface area contributed by atoms with E-state index < -0.39 is 5.69 Å². The lowest BCUT2D eigenvalue weighted by Gasteiger charge is -2.08. The van der Waals surface area contributed by atoms with Crippen LogP contribution in [0.2, 0.25) is 5.02 Å². The number of hydrogen-bond donors (Lipinski definition) is 0. The molecule has 0 fully saturated rings. The molecule has 0 saturated carbocycles. The van der Waals surface area contributed by atoms with E-state index in [1.54, 1.807) is 36.8 Å². The zero-order chi connectivity index (χ0) is 23.3. The smallest absolute Gasteiger partial charge is 0.332 e. The van der Waals surface area contributed by atoms with Crippen LogP contribution < -0.4 is 16.0 Å². The van der Waals surface area contributed by atoms with Crippen molar-refractivity contribution in [3.8, 4) is 5.75 Å². The highest BCUT2D eigenvalue weighted by atomic mass is 35.5. The molecule has 0 aliphatic heterocycles. The third kappa shape index (κ3) is 3.52. The van der Waals surface area contributed by atoms with Gasteiger partial charge in [-0.05, 0) is 42.3 Å². The van der Waals surface area contributed by atoms with Gasteiger partial charge in [-0.2, -0.15) is 4.98 Å². The predicted octanol–water partition coefficient (Wildman–Crippen LogP) is 3.22. The first-order valence-electron chi connectivity index (χ1n) is 10.4. The lowest BCUT2D eigenvalue weighted by atomic mass is 10.2. The Morgan fingerprint density at radius 3 is 2.42 bits per heavy atom. The number of aryl methyl sites for hydroxylation is 2. The molecular weight excluding hydrogens is 442 g/mol. The fraction of sp³-hybridized carbons (Fsp3) is 0.208. The summed E-state index contributed by atoms with van der Waals surface area (Å²) in [5.41, 5.74) is 2.70. The van der Waals surface area contributed by atoms with Gasteiger partial charge in [0, 0.05) is 24.0 Å². The van der Waals surface area contributed by atoms with Gasteiger partial charge in [0.1, 0.15) is 5.75 Å². The lowest BCUT2D eigenvalue weighted by molar-refractivity contribution is 0.414. The van der Waals surface area contributed by atoms with Crippen molar-refractivity contribution in [1.82, 2.24) is 23.1 Å². The summed E-state index contributed by atoms with van der Waals surface area (Å²) in [5.74, 6) is 1.39. The normalized spacial score (nSPS) is 11.5. The molecule has 5 aromatic rings. The molecule has 0 spiro atoms. The van der Waals surface area contributed by atoms with Crippen LogP contribution in [0.15, 0.2) is 64.3 Å². The van der Waals surface area contributed by atoms with Gasteiger partial charge in [0.15, 0.2) is 11.2 Å². The van der Waals surface area contributed by atoms with E-state index in [0.29, 0.717) is 28.5 Å². The minimum atomic E-state index is -0.424. The molecule has 2 aromatic carbocycles. The molecule has 33 heavy (non-hydrogen) atoms. The zero-order valence-corrected chi connectivity index (χ0v) is 19.2. The molecule has 3 heterocycles. The van der Waals surface area contributed by atoms with Crippen molar-refractivity contribution in [2.45, 2.75) is 20.0 Å². The van der Waals surface area contributed by atoms with Crippen molar-refractivity contribution in [1.29, 1.82) is 0 Å². The minimum absolute atomic E-state index is 0.126. The molecule has 0 unspecified atom stereocenters. The molecule has 5 rings (SSSR count). The van der Waals surface area contributed by atoms with Crippen LogP contribution in [0.5, 0.6) is 5.75 Å². The number of halogens is 1. The quantitative estimate of drug-likeness (QED) is 0.401. The molecule has 0 atom stereocenters. The monoisotopic (exact) mass is 463 g/mol. The molecule has 0 aliphatic rings. The summed E-state index contributed by atoms with van der Waals surface area (Å²) >= 11 is 6.09. The van der Waals surface area contributed by atoms with Gasteiger partial charge in [-0.1, -0.05) is 35.9 Å². The maximum Gasteiger partial charge on any atom is 0.332 e. The number of fused-ring (bicyclic) bond motifs is 3. The van der Waals surface area contributed by atoms with Gasteiger partial charge in [0.25, 0.3) is 5.56 Å². The molecule has 0 radical (unpaired) electrons. The first-order chi connectivity index (χ1) is 15.9. The van der Waals surface area contributed by atoms with Crippen LogP contribution in [0.3, 0.4) is 0 Å². The largest absolute Gasteiger partial charge is 0.497 e. The van der Waals surface area contributed by atoms with Gasteiger partial charge in [0.05, 0.1) is 20.2 Å². The van der Waals surface area contributed by atoms with E-state index >= 15 is 0 Å². The van der Waals surface area contributed by atoms with Gasteiger partial charge in [-0.3, -0.25) is 18.3 Å². The molecule has 8 nitrogen and oxygen atoms in total. The van der Waals surface area contributed by atoms with E-state index in [-0.39, 0.29) is 12.1 Å². The maximum absolute atomic E-state index is 13.4. The maximum atomic E-state index is 13.4. The number of hydrogen-bond acceptors (Lipinski definition) is 4. The molecule has 168 valence electrons. The van der Waals surface area contributed by atoms with Crippen LogP contribution in [-0.2, 0) is 20.1 Å². The van der Waals surface area contributed by atoms with Gasteiger partial charge < -0.3 is 9.30 Å². The average molecular weight is 464 g/mol. The Morgan fingerprint density at radius 1 is 1.00 bits per heavy atom. The van der Waals surface area contributed by atoms with Crippen LogP contribution in [0.1, 0.15) is 16.8 Å². The van der Waals surface area contributed by atoms with Crippen molar-refractivity contribution in [2.75, 3.05) is 7.11 Å². The van der Waals surface area contributed by atoms with Crippen molar-refractivity contribution in [3.63, 3.8) is 0 Å². The van der Waals surface area contributed by atoms with Crippen LogP contribution in [0.4, 0.5) is 0 Å². The van der Waals surface area contributed by atoms with Crippen LogP contribution in [-0.4, -0.2) is 30.2 Å². The summed E-state index contributed by atoms with van der Waals surface area (Å²) in [5, 5.41) is 0.552. The van der Waals surface area contributed by atoms with Crippen LogP contribution in [0, 0.1) is 6.92 Å². The number of rotatable bonds is 5. The number of aromatic nitrogens is 5. The third-order valence-electron chi connectivity index (χ3n) is 5.87. The Morgan fingerprint density at radius 2 is 1.73 bits per heavy atom. The Labute approximate surface area is 193 Å². The average Bonchev–Trinajstić information content (AvgIpc) is 3.31. The highest BCUT2D eigenvalue weighted by Gasteiger charge is 2.20. The second-order valence-electron chi connectivity index (χ2n) is 8.02. The molecule has 0 amide bonds. The van der Waals surface area contributed by atoms with E-state index in [2.05, 4.69) is 4.98 Å². The Bertz CT molecular complexity index is 1620. The van der Waals surface area contributed by atoms with Gasteiger partial charge in [-0.15, -0.1) is 0 Å². The molecular formula is C24H22ClN5O3. The number of methoxy groups -OCH3 is 1. The van der Waals surface area contributed by atoms with Gasteiger partial charge in [-0.25, -0.2) is 4.79 Å². The fourth-order valence-corrected chi connectivity index (χ4v) is 4.33. The van der Waals surface area contributed by atoms with Crippen molar-refractivity contribution < 1.29 is 4.74 Å². The van der Waals surface area contributed by atoms with Crippen LogP contribution >= 0.6 is 11.6 Å². The van der Waals surface area contributed by atoms with E-state index in [4.69, 9.17) is 16.3 Å². The Balaban J connectivity index is 1.67. The summed E-state index contributed by atoms with van der Waals surface area (Å²) in [4.78, 5) is 31.1. The van der Waals surface area contributed by atoms with Gasteiger partial charge in [0.2, 0.25) is 5.78 Å². The van der Waals surface area contributed by atoms with E-state index in [1.165, 1.54) is 9.13 Å². The molecule has 0 bridgehead atoms. The summed E-state index contributed by atoms with van der Waals surface area (Å²) < 4.78 is 11.7. The Kier molecular flexibility index (Phi) is 5.09.